The van der Waals surface area contributed by atoms with Crippen LogP contribution in [0, 0.1) is 16.0 Å². The van der Waals surface area contributed by atoms with Crippen LogP contribution in [0.4, 0.5) is 5.69 Å². The number of nitrogens with one attached hydrogen (secondary N) is 1. The van der Waals surface area contributed by atoms with Crippen molar-refractivity contribution in [2.75, 3.05) is 13.6 Å². The van der Waals surface area contributed by atoms with E-state index in [1.54, 1.807) is 0 Å². The maximum atomic E-state index is 12.1. The van der Waals surface area contributed by atoms with Gasteiger partial charge in [-0.2, -0.15) is 0 Å². The van der Waals surface area contributed by atoms with Crippen LogP contribution in [0.3, 0.4) is 0 Å². The highest BCUT2D eigenvalue weighted by atomic mass is 16.6. The van der Waals surface area contributed by atoms with E-state index in [2.05, 4.69) is 16.8 Å². The van der Waals surface area contributed by atoms with E-state index in [-0.39, 0.29) is 11.5 Å². The van der Waals surface area contributed by atoms with E-state index in [9.17, 15) is 14.9 Å². The molecule has 1 aromatic rings. The Balaban J connectivity index is 1.91. The molecule has 6 nitrogen and oxygen atoms in total. The lowest BCUT2D eigenvalue weighted by molar-refractivity contribution is -0.384. The first-order chi connectivity index (χ1) is 9.47. The Morgan fingerprint density at radius 1 is 1.45 bits per heavy atom. The zero-order valence-electron chi connectivity index (χ0n) is 12.0. The van der Waals surface area contributed by atoms with E-state index < -0.39 is 4.92 Å². The van der Waals surface area contributed by atoms with Crippen LogP contribution in [0.2, 0.25) is 0 Å². The lowest BCUT2D eigenvalue weighted by Gasteiger charge is -2.33. The minimum atomic E-state index is -0.500. The fourth-order valence-electron chi connectivity index (χ4n) is 2.77. The number of rotatable bonds is 5. The summed E-state index contributed by atoms with van der Waals surface area (Å²) < 4.78 is 0. The second kappa shape index (κ2) is 6.17. The minimum Gasteiger partial charge on any atom is -0.353 e. The van der Waals surface area contributed by atoms with Gasteiger partial charge >= 0.3 is 0 Å². The van der Waals surface area contributed by atoms with Crippen molar-refractivity contribution in [1.29, 1.82) is 0 Å². The summed E-state index contributed by atoms with van der Waals surface area (Å²) in [5.41, 5.74) is 0.246. The third kappa shape index (κ3) is 3.45. The summed E-state index contributed by atoms with van der Waals surface area (Å²) in [5, 5.41) is 10.6. The van der Waals surface area contributed by atoms with Gasteiger partial charge in [0.05, 0.1) is 23.4 Å². The van der Waals surface area contributed by atoms with Crippen LogP contribution in [-0.4, -0.2) is 40.2 Å². The molecule has 0 radical (unpaired) electrons. The number of nitro groups is 1. The topological polar surface area (TPSA) is 79.2 Å². The van der Waals surface area contributed by atoms with Gasteiger partial charge in [-0.1, -0.05) is 6.92 Å². The number of aromatic amines is 1. The van der Waals surface area contributed by atoms with Crippen LogP contribution in [0.25, 0.3) is 0 Å². The largest absolute Gasteiger partial charge is 0.353 e. The van der Waals surface area contributed by atoms with Crippen LogP contribution in [0.1, 0.15) is 43.1 Å². The Bertz CT molecular complexity index is 490. The van der Waals surface area contributed by atoms with E-state index in [1.165, 1.54) is 25.1 Å². The summed E-state index contributed by atoms with van der Waals surface area (Å²) in [6, 6.07) is 1.75. The summed E-state index contributed by atoms with van der Waals surface area (Å²) in [7, 11) is 1.95. The maximum absolute atomic E-state index is 12.1. The van der Waals surface area contributed by atoms with Gasteiger partial charge in [0, 0.05) is 12.1 Å². The standard InChI is InChI=1S/C14H21N3O3/c1-10-3-5-11(6-4-10)16(2)9-14(18)13-7-12(8-15-13)17(19)20/h7-8,10-11,15H,3-6,9H2,1-2H3. The molecule has 1 fully saturated rings. The summed E-state index contributed by atoms with van der Waals surface area (Å²) in [6.07, 6.45) is 5.91. The molecule has 0 atom stereocenters. The molecular formula is C14H21N3O3. The number of Topliss-reactive ketones (excluding diaryl/α,β-unsaturated/α-hetero) is 1. The minimum absolute atomic E-state index is 0.0671. The number of nitrogens with zero attached hydrogens (tertiary/aromatic N) is 2. The number of carbonyl (C=O) groups excluding carboxylic acids is 1. The Morgan fingerprint density at radius 2 is 2.10 bits per heavy atom. The quantitative estimate of drug-likeness (QED) is 0.510. The Morgan fingerprint density at radius 3 is 2.65 bits per heavy atom. The molecule has 1 aliphatic carbocycles. The third-order valence-corrected chi connectivity index (χ3v) is 4.18. The third-order valence-electron chi connectivity index (χ3n) is 4.18. The molecule has 1 aliphatic rings. The number of aromatic nitrogens is 1. The molecule has 6 heteroatoms. The van der Waals surface area contributed by atoms with Gasteiger partial charge in [-0.25, -0.2) is 0 Å². The van der Waals surface area contributed by atoms with Crippen LogP contribution >= 0.6 is 0 Å². The highest BCUT2D eigenvalue weighted by Crippen LogP contribution is 2.26. The van der Waals surface area contributed by atoms with E-state index in [0.717, 1.165) is 18.8 Å². The summed E-state index contributed by atoms with van der Waals surface area (Å²) in [6.45, 7) is 2.57. The Labute approximate surface area is 118 Å². The van der Waals surface area contributed by atoms with Crippen LogP contribution in [-0.2, 0) is 0 Å². The molecule has 20 heavy (non-hydrogen) atoms. The number of ketones is 1. The molecule has 0 amide bonds. The van der Waals surface area contributed by atoms with Crippen molar-refractivity contribution >= 4 is 11.5 Å². The molecule has 0 spiro atoms. The van der Waals surface area contributed by atoms with Crippen molar-refractivity contribution < 1.29 is 9.72 Å². The van der Waals surface area contributed by atoms with Crippen LogP contribution < -0.4 is 0 Å². The number of carbonyl (C=O) groups is 1. The van der Waals surface area contributed by atoms with E-state index >= 15 is 0 Å². The molecule has 1 saturated carbocycles. The van der Waals surface area contributed by atoms with Gasteiger partial charge < -0.3 is 4.98 Å². The van der Waals surface area contributed by atoms with Gasteiger partial charge in [0.15, 0.2) is 5.78 Å². The van der Waals surface area contributed by atoms with Gasteiger partial charge in [-0.15, -0.1) is 0 Å². The second-order valence-corrected chi connectivity index (χ2v) is 5.78. The average molecular weight is 279 g/mol. The molecule has 0 bridgehead atoms. The van der Waals surface area contributed by atoms with Crippen molar-refractivity contribution in [2.45, 2.75) is 38.6 Å². The molecule has 1 aromatic heterocycles. The summed E-state index contributed by atoms with van der Waals surface area (Å²) >= 11 is 0. The molecule has 0 aromatic carbocycles. The van der Waals surface area contributed by atoms with Crippen molar-refractivity contribution in [3.05, 3.63) is 28.1 Å². The highest BCUT2D eigenvalue weighted by molar-refractivity contribution is 5.96. The van der Waals surface area contributed by atoms with Crippen LogP contribution in [0.5, 0.6) is 0 Å². The first kappa shape index (κ1) is 14.7. The monoisotopic (exact) mass is 279 g/mol. The maximum Gasteiger partial charge on any atom is 0.287 e. The Hall–Kier alpha value is -1.69. The molecular weight excluding hydrogens is 258 g/mol. The number of H-pyrrole nitrogens is 1. The average Bonchev–Trinajstić information content (AvgIpc) is 2.89. The molecule has 2 rings (SSSR count). The molecule has 110 valence electrons. The van der Waals surface area contributed by atoms with E-state index in [4.69, 9.17) is 0 Å². The molecule has 0 aliphatic heterocycles. The molecule has 0 unspecified atom stereocenters. The number of hydrogen-bond acceptors (Lipinski definition) is 4. The lowest BCUT2D eigenvalue weighted by atomic mass is 9.86. The zero-order chi connectivity index (χ0) is 14.7. The first-order valence-corrected chi connectivity index (χ1v) is 7.03. The predicted molar refractivity (Wildman–Crippen MR) is 75.8 cm³/mol. The lowest BCUT2D eigenvalue weighted by Crippen LogP contribution is -2.38. The van der Waals surface area contributed by atoms with Gasteiger partial charge in [0.1, 0.15) is 0 Å². The van der Waals surface area contributed by atoms with Crippen LogP contribution in [0.15, 0.2) is 12.3 Å². The predicted octanol–water partition coefficient (Wildman–Crippen LogP) is 2.62. The van der Waals surface area contributed by atoms with Gasteiger partial charge in [0.25, 0.3) is 5.69 Å². The van der Waals surface area contributed by atoms with Gasteiger partial charge in [-0.3, -0.25) is 19.8 Å². The van der Waals surface area contributed by atoms with Gasteiger partial charge in [0.2, 0.25) is 0 Å². The highest BCUT2D eigenvalue weighted by Gasteiger charge is 2.24. The second-order valence-electron chi connectivity index (χ2n) is 5.78. The van der Waals surface area contributed by atoms with Crippen molar-refractivity contribution in [3.63, 3.8) is 0 Å². The van der Waals surface area contributed by atoms with E-state index in [0.29, 0.717) is 18.3 Å². The van der Waals surface area contributed by atoms with E-state index in [1.807, 2.05) is 7.05 Å². The number of hydrogen-bond donors (Lipinski definition) is 1. The smallest absolute Gasteiger partial charge is 0.287 e. The fraction of sp³-hybridized carbons (Fsp3) is 0.643. The van der Waals surface area contributed by atoms with Gasteiger partial charge in [-0.05, 0) is 38.6 Å². The zero-order valence-corrected chi connectivity index (χ0v) is 12.0. The SMILES string of the molecule is CC1CCC(N(C)CC(=O)c2cc([N+](=O)[O-])c[nH]2)CC1. The normalized spacial score (nSPS) is 22.9. The summed E-state index contributed by atoms with van der Waals surface area (Å²) in [5.74, 6) is 0.681. The molecule has 1 N–H and O–H groups in total. The van der Waals surface area contributed by atoms with Crippen molar-refractivity contribution in [3.8, 4) is 0 Å². The number of likely N-dealkylation sites (N-methyl/N-ethyl adjacent to an activating group) is 1. The van der Waals surface area contributed by atoms with Crippen molar-refractivity contribution in [2.24, 2.45) is 5.92 Å². The molecule has 1 heterocycles. The van der Waals surface area contributed by atoms with Crippen molar-refractivity contribution in [1.82, 2.24) is 9.88 Å². The first-order valence-electron chi connectivity index (χ1n) is 7.03. The fourth-order valence-corrected chi connectivity index (χ4v) is 2.77. The Kier molecular flexibility index (Phi) is 4.54. The molecule has 0 saturated heterocycles. The summed E-state index contributed by atoms with van der Waals surface area (Å²) in [4.78, 5) is 27.0.